The number of halogens is 1. The molecule has 0 saturated heterocycles. The summed E-state index contributed by atoms with van der Waals surface area (Å²) in [5, 5.41) is 0. The van der Waals surface area contributed by atoms with Gasteiger partial charge in [-0.1, -0.05) is 22.0 Å². The summed E-state index contributed by atoms with van der Waals surface area (Å²) in [7, 11) is 0. The summed E-state index contributed by atoms with van der Waals surface area (Å²) in [4.78, 5) is 12.1. The first kappa shape index (κ1) is 10.8. The largest absolute Gasteiger partial charge is 0.300 e. The van der Waals surface area contributed by atoms with Crippen molar-refractivity contribution in [2.24, 2.45) is 0 Å². The Hall–Kier alpha value is -0.280. The van der Waals surface area contributed by atoms with E-state index in [4.69, 9.17) is 0 Å². The average Bonchev–Trinajstić information content (AvgIpc) is 2.08. The topological polar surface area (TPSA) is 17.1 Å². The van der Waals surface area contributed by atoms with Gasteiger partial charge in [0.05, 0.1) is 0 Å². The Morgan fingerprint density at radius 3 is 2.69 bits per heavy atom. The summed E-state index contributed by atoms with van der Waals surface area (Å²) in [6.45, 7) is 1.61. The van der Waals surface area contributed by atoms with Crippen LogP contribution in [0.15, 0.2) is 27.6 Å². The highest BCUT2D eigenvalue weighted by molar-refractivity contribution is 9.10. The normalized spacial score (nSPS) is 10.1. The van der Waals surface area contributed by atoms with Crippen molar-refractivity contribution in [3.63, 3.8) is 0 Å². The van der Waals surface area contributed by atoms with Crippen molar-refractivity contribution in [2.45, 2.75) is 18.2 Å². The summed E-state index contributed by atoms with van der Waals surface area (Å²) in [6, 6.07) is 6.08. The second-order valence-electron chi connectivity index (χ2n) is 2.84. The van der Waals surface area contributed by atoms with E-state index in [-0.39, 0.29) is 5.78 Å². The third-order valence-electron chi connectivity index (χ3n) is 1.70. The first-order valence-corrected chi connectivity index (χ1v) is 5.97. The highest BCUT2D eigenvalue weighted by atomic mass is 79.9. The van der Waals surface area contributed by atoms with Crippen LogP contribution in [0.2, 0.25) is 0 Å². The molecule has 1 rings (SSSR count). The highest BCUT2D eigenvalue weighted by Crippen LogP contribution is 2.24. The Morgan fingerprint density at radius 1 is 1.54 bits per heavy atom. The monoisotopic (exact) mass is 258 g/mol. The van der Waals surface area contributed by atoms with Crippen molar-refractivity contribution in [1.82, 2.24) is 0 Å². The fourth-order valence-electron chi connectivity index (χ4n) is 1.07. The molecule has 0 bridgehead atoms. The van der Waals surface area contributed by atoms with Crippen LogP contribution >= 0.6 is 27.7 Å². The predicted octanol–water partition coefficient (Wildman–Crippen LogP) is 3.30. The Morgan fingerprint density at radius 2 is 2.23 bits per heavy atom. The Kier molecular flexibility index (Phi) is 4.00. The van der Waals surface area contributed by atoms with E-state index < -0.39 is 0 Å². The summed E-state index contributed by atoms with van der Waals surface area (Å²) in [5.74, 6) is 0.192. The maximum absolute atomic E-state index is 10.9. The number of hydrogen-bond acceptors (Lipinski definition) is 2. The van der Waals surface area contributed by atoms with Gasteiger partial charge in [-0.3, -0.25) is 4.79 Å². The van der Waals surface area contributed by atoms with Gasteiger partial charge in [0.2, 0.25) is 0 Å². The molecule has 0 fully saturated rings. The van der Waals surface area contributed by atoms with Gasteiger partial charge in [-0.05, 0) is 30.9 Å². The quantitative estimate of drug-likeness (QED) is 0.775. The third kappa shape index (κ3) is 3.16. The van der Waals surface area contributed by atoms with Crippen molar-refractivity contribution in [3.8, 4) is 0 Å². The minimum Gasteiger partial charge on any atom is -0.300 e. The average molecular weight is 259 g/mol. The molecule has 0 aliphatic carbocycles. The Bertz CT molecular complexity index is 323. The van der Waals surface area contributed by atoms with Crippen LogP contribution in [0.3, 0.4) is 0 Å². The van der Waals surface area contributed by atoms with Crippen LogP contribution in [0.4, 0.5) is 0 Å². The SMILES string of the molecule is CSc1ccc(CC(C)=O)c(Br)c1. The smallest absolute Gasteiger partial charge is 0.134 e. The minimum atomic E-state index is 0.192. The molecule has 13 heavy (non-hydrogen) atoms. The molecule has 0 N–H and O–H groups in total. The number of carbonyl (C=O) groups is 1. The zero-order chi connectivity index (χ0) is 9.84. The van der Waals surface area contributed by atoms with Crippen LogP contribution in [-0.2, 0) is 11.2 Å². The second kappa shape index (κ2) is 4.82. The van der Waals surface area contributed by atoms with E-state index in [1.807, 2.05) is 24.5 Å². The molecular weight excluding hydrogens is 248 g/mol. The molecule has 0 aromatic heterocycles. The van der Waals surface area contributed by atoms with Gasteiger partial charge in [-0.25, -0.2) is 0 Å². The number of benzene rings is 1. The lowest BCUT2D eigenvalue weighted by molar-refractivity contribution is -0.116. The summed E-state index contributed by atoms with van der Waals surface area (Å²) < 4.78 is 1.02. The van der Waals surface area contributed by atoms with E-state index in [0.717, 1.165) is 10.0 Å². The maximum atomic E-state index is 10.9. The molecule has 0 unspecified atom stereocenters. The first-order chi connectivity index (χ1) is 6.13. The molecular formula is C10H11BrOS. The van der Waals surface area contributed by atoms with Crippen molar-refractivity contribution in [2.75, 3.05) is 6.26 Å². The second-order valence-corrected chi connectivity index (χ2v) is 4.57. The number of thioether (sulfide) groups is 1. The van der Waals surface area contributed by atoms with Crippen LogP contribution in [-0.4, -0.2) is 12.0 Å². The fraction of sp³-hybridized carbons (Fsp3) is 0.300. The van der Waals surface area contributed by atoms with Gasteiger partial charge in [0, 0.05) is 15.8 Å². The lowest BCUT2D eigenvalue weighted by Gasteiger charge is -2.03. The number of carbonyl (C=O) groups excluding carboxylic acids is 1. The van der Waals surface area contributed by atoms with Crippen molar-refractivity contribution in [1.29, 1.82) is 0 Å². The van der Waals surface area contributed by atoms with Crippen LogP contribution < -0.4 is 0 Å². The summed E-state index contributed by atoms with van der Waals surface area (Å²) in [5.41, 5.74) is 1.06. The molecule has 3 heteroatoms. The Labute approximate surface area is 91.0 Å². The molecule has 0 saturated carbocycles. The molecule has 1 aromatic carbocycles. The molecule has 0 radical (unpaired) electrons. The van der Waals surface area contributed by atoms with Crippen LogP contribution in [0, 0.1) is 0 Å². The van der Waals surface area contributed by atoms with Crippen molar-refractivity contribution < 1.29 is 4.79 Å². The van der Waals surface area contributed by atoms with Crippen LogP contribution in [0.1, 0.15) is 12.5 Å². The number of rotatable bonds is 3. The van der Waals surface area contributed by atoms with E-state index in [1.165, 1.54) is 4.90 Å². The van der Waals surface area contributed by atoms with Crippen molar-refractivity contribution >= 4 is 33.5 Å². The number of hydrogen-bond donors (Lipinski definition) is 0. The lowest BCUT2D eigenvalue weighted by atomic mass is 10.1. The van der Waals surface area contributed by atoms with Crippen LogP contribution in [0.25, 0.3) is 0 Å². The molecule has 1 nitrogen and oxygen atoms in total. The van der Waals surface area contributed by atoms with Crippen molar-refractivity contribution in [3.05, 3.63) is 28.2 Å². The fourth-order valence-corrected chi connectivity index (χ4v) is 2.18. The molecule has 0 spiro atoms. The minimum absolute atomic E-state index is 0.192. The molecule has 70 valence electrons. The highest BCUT2D eigenvalue weighted by Gasteiger charge is 2.03. The van der Waals surface area contributed by atoms with Gasteiger partial charge in [0.1, 0.15) is 5.78 Å². The zero-order valence-corrected chi connectivity index (χ0v) is 10.0. The predicted molar refractivity (Wildman–Crippen MR) is 60.3 cm³/mol. The molecule has 0 heterocycles. The first-order valence-electron chi connectivity index (χ1n) is 3.95. The third-order valence-corrected chi connectivity index (χ3v) is 3.16. The van der Waals surface area contributed by atoms with Gasteiger partial charge in [-0.15, -0.1) is 11.8 Å². The van der Waals surface area contributed by atoms with E-state index in [1.54, 1.807) is 18.7 Å². The van der Waals surface area contributed by atoms with E-state index in [9.17, 15) is 4.79 Å². The molecule has 0 amide bonds. The maximum Gasteiger partial charge on any atom is 0.134 e. The molecule has 0 aliphatic rings. The lowest BCUT2D eigenvalue weighted by Crippen LogP contribution is -1.96. The Balaban J connectivity index is 2.91. The standard InChI is InChI=1S/C10H11BrOS/c1-7(12)5-8-3-4-9(13-2)6-10(8)11/h3-4,6H,5H2,1-2H3. The molecule has 0 aliphatic heterocycles. The van der Waals surface area contributed by atoms with Gasteiger partial charge < -0.3 is 0 Å². The number of Topliss-reactive ketones (excluding diaryl/α,β-unsaturated/α-hetero) is 1. The molecule has 1 aromatic rings. The molecule has 0 atom stereocenters. The van der Waals surface area contributed by atoms with Gasteiger partial charge >= 0.3 is 0 Å². The summed E-state index contributed by atoms with van der Waals surface area (Å²) in [6.07, 6.45) is 2.54. The van der Waals surface area contributed by atoms with Crippen LogP contribution in [0.5, 0.6) is 0 Å². The van der Waals surface area contributed by atoms with Gasteiger partial charge in [-0.2, -0.15) is 0 Å². The zero-order valence-electron chi connectivity index (χ0n) is 7.63. The number of ketones is 1. The van der Waals surface area contributed by atoms with E-state index in [0.29, 0.717) is 6.42 Å². The summed E-state index contributed by atoms with van der Waals surface area (Å²) >= 11 is 5.15. The van der Waals surface area contributed by atoms with Gasteiger partial charge in [0.25, 0.3) is 0 Å². The van der Waals surface area contributed by atoms with E-state index >= 15 is 0 Å². The van der Waals surface area contributed by atoms with Gasteiger partial charge in [0.15, 0.2) is 0 Å². The van der Waals surface area contributed by atoms with E-state index in [2.05, 4.69) is 15.9 Å².